The Morgan fingerprint density at radius 1 is 0.259 bits per heavy atom. The largest absolute Gasteiger partial charge is 0.310 e. The van der Waals surface area contributed by atoms with Gasteiger partial charge in [-0.05, 0) is 125 Å². The molecule has 0 saturated heterocycles. The Hall–Kier alpha value is -7.40. The summed E-state index contributed by atoms with van der Waals surface area (Å²) in [6.07, 6.45) is 0. The van der Waals surface area contributed by atoms with Crippen molar-refractivity contribution in [3.05, 3.63) is 212 Å². The Morgan fingerprint density at radius 3 is 1.33 bits per heavy atom. The second-order valence-electron chi connectivity index (χ2n) is 15.0. The zero-order valence-electron chi connectivity index (χ0n) is 31.5. The summed E-state index contributed by atoms with van der Waals surface area (Å²) in [4.78, 5) is 4.82. The van der Waals surface area contributed by atoms with Gasteiger partial charge in [0.2, 0.25) is 0 Å². The number of thiophene rings is 1. The Kier molecular flexibility index (Phi) is 7.40. The summed E-state index contributed by atoms with van der Waals surface area (Å²) in [6.45, 7) is 0. The van der Waals surface area contributed by atoms with E-state index in [1.165, 1.54) is 42.0 Å². The Bertz CT molecular complexity index is 3280. The molecule has 0 saturated carbocycles. The van der Waals surface area contributed by atoms with Crippen LogP contribution in [0.2, 0.25) is 0 Å². The van der Waals surface area contributed by atoms with Gasteiger partial charge in [0, 0.05) is 70.8 Å². The van der Waals surface area contributed by atoms with Gasteiger partial charge in [0.05, 0.1) is 11.0 Å². The van der Waals surface area contributed by atoms with Crippen LogP contribution in [0.4, 0.5) is 34.1 Å². The standard InChI is InChI=1S/C54H35N3S/c1-2-16-40(17-3-1)57-51-24-6-4-22-47(51)50-34-45(27-29-52(50)57)55-41-18-8-12-36(30-41)38-14-10-20-43(32-38)56(44-21-11-15-39(33-44)37-13-9-19-42(55)31-37)46-26-28-49-48-23-5-7-25-53(48)58-54(49)35-46/h1-35H. The van der Waals surface area contributed by atoms with Crippen LogP contribution in [0, 0.1) is 0 Å². The average Bonchev–Trinajstić information content (AvgIpc) is 3.82. The number of anilines is 6. The van der Waals surface area contributed by atoms with E-state index >= 15 is 0 Å². The lowest BCUT2D eigenvalue weighted by Crippen LogP contribution is -2.11. The van der Waals surface area contributed by atoms with E-state index in [0.29, 0.717) is 0 Å². The van der Waals surface area contributed by atoms with Crippen LogP contribution >= 0.6 is 11.3 Å². The van der Waals surface area contributed by atoms with Crippen LogP contribution in [0.5, 0.6) is 0 Å². The normalized spacial score (nSPS) is 12.4. The molecule has 12 rings (SSSR count). The van der Waals surface area contributed by atoms with Gasteiger partial charge in [-0.25, -0.2) is 0 Å². The Morgan fingerprint density at radius 2 is 0.707 bits per heavy atom. The fourth-order valence-electron chi connectivity index (χ4n) is 9.00. The smallest absolute Gasteiger partial charge is 0.0542 e. The molecule has 4 heteroatoms. The van der Waals surface area contributed by atoms with Crippen LogP contribution in [-0.4, -0.2) is 4.57 Å². The minimum atomic E-state index is 1.10. The van der Waals surface area contributed by atoms with Crippen molar-refractivity contribution in [1.29, 1.82) is 0 Å². The molecule has 3 heterocycles. The van der Waals surface area contributed by atoms with Crippen LogP contribution in [0.3, 0.4) is 0 Å². The highest BCUT2D eigenvalue weighted by molar-refractivity contribution is 7.25. The Labute approximate surface area is 340 Å². The monoisotopic (exact) mass is 757 g/mol. The molecule has 11 aromatic rings. The van der Waals surface area contributed by atoms with Gasteiger partial charge in [-0.3, -0.25) is 0 Å². The zero-order valence-corrected chi connectivity index (χ0v) is 32.3. The first-order valence-corrected chi connectivity index (χ1v) is 20.6. The molecule has 0 atom stereocenters. The molecule has 0 spiro atoms. The molecule has 9 aromatic carbocycles. The summed E-state index contributed by atoms with van der Waals surface area (Å²) in [7, 11) is 0. The van der Waals surface area contributed by atoms with Crippen molar-refractivity contribution >= 4 is 87.4 Å². The van der Waals surface area contributed by atoms with E-state index in [0.717, 1.165) is 62.1 Å². The van der Waals surface area contributed by atoms with Crippen molar-refractivity contribution in [2.45, 2.75) is 0 Å². The molecule has 272 valence electrons. The number of hydrogen-bond donors (Lipinski definition) is 0. The van der Waals surface area contributed by atoms with Gasteiger partial charge in [0.25, 0.3) is 0 Å². The maximum Gasteiger partial charge on any atom is 0.0542 e. The number of hydrogen-bond acceptors (Lipinski definition) is 3. The SMILES string of the molecule is c1ccc(-n2c3ccccc3c3cc(N4c5cccc(c5)-c5cccc(c5)N(c5ccc6c(c5)sc5ccccc56)c5cccc(c5)-c5cccc4c5)ccc32)cc1. The Balaban J connectivity index is 1.06. The van der Waals surface area contributed by atoms with Gasteiger partial charge in [-0.15, -0.1) is 11.3 Å². The molecule has 1 aliphatic rings. The molecular weight excluding hydrogens is 723 g/mol. The van der Waals surface area contributed by atoms with E-state index in [-0.39, 0.29) is 0 Å². The number of para-hydroxylation sites is 2. The molecule has 0 radical (unpaired) electrons. The van der Waals surface area contributed by atoms with Crippen LogP contribution in [0.15, 0.2) is 212 Å². The molecule has 0 N–H and O–H groups in total. The van der Waals surface area contributed by atoms with Crippen LogP contribution in [0.1, 0.15) is 0 Å². The topological polar surface area (TPSA) is 11.4 Å². The van der Waals surface area contributed by atoms with Crippen molar-refractivity contribution < 1.29 is 0 Å². The van der Waals surface area contributed by atoms with Gasteiger partial charge in [0.15, 0.2) is 0 Å². The predicted molar refractivity (Wildman–Crippen MR) is 247 cm³/mol. The van der Waals surface area contributed by atoms with Crippen molar-refractivity contribution in [3.8, 4) is 27.9 Å². The summed E-state index contributed by atoms with van der Waals surface area (Å²) in [5, 5.41) is 5.07. The van der Waals surface area contributed by atoms with Crippen molar-refractivity contribution in [2.75, 3.05) is 9.80 Å². The maximum atomic E-state index is 2.41. The average molecular weight is 758 g/mol. The van der Waals surface area contributed by atoms with Gasteiger partial charge < -0.3 is 14.4 Å². The lowest BCUT2D eigenvalue weighted by molar-refractivity contribution is 1.18. The summed E-state index contributed by atoms with van der Waals surface area (Å²) >= 11 is 1.86. The summed E-state index contributed by atoms with van der Waals surface area (Å²) in [5.74, 6) is 0. The first-order valence-electron chi connectivity index (χ1n) is 19.7. The highest BCUT2D eigenvalue weighted by Gasteiger charge is 2.21. The minimum absolute atomic E-state index is 1.10. The first kappa shape index (κ1) is 32.8. The molecule has 58 heavy (non-hydrogen) atoms. The third-order valence-corrected chi connectivity index (χ3v) is 12.8. The molecule has 0 unspecified atom stereocenters. The highest BCUT2D eigenvalue weighted by Crippen LogP contribution is 2.45. The lowest BCUT2D eigenvalue weighted by atomic mass is 10.00. The van der Waals surface area contributed by atoms with Gasteiger partial charge in [-0.1, -0.05) is 109 Å². The summed E-state index contributed by atoms with van der Waals surface area (Å²) in [5.41, 5.74) is 14.9. The van der Waals surface area contributed by atoms with Crippen LogP contribution in [0.25, 0.3) is 69.9 Å². The van der Waals surface area contributed by atoms with Crippen LogP contribution < -0.4 is 9.80 Å². The van der Waals surface area contributed by atoms with Crippen molar-refractivity contribution in [3.63, 3.8) is 0 Å². The van der Waals surface area contributed by atoms with E-state index in [9.17, 15) is 0 Å². The number of nitrogens with zero attached hydrogens (tertiary/aromatic N) is 3. The minimum Gasteiger partial charge on any atom is -0.310 e. The highest BCUT2D eigenvalue weighted by atomic mass is 32.1. The maximum absolute atomic E-state index is 2.41. The molecule has 0 aliphatic carbocycles. The van der Waals surface area contributed by atoms with Crippen LogP contribution in [-0.2, 0) is 0 Å². The fraction of sp³-hybridized carbons (Fsp3) is 0. The number of aromatic nitrogens is 1. The lowest BCUT2D eigenvalue weighted by Gasteiger charge is -2.28. The quantitative estimate of drug-likeness (QED) is 0.178. The number of benzene rings is 9. The van der Waals surface area contributed by atoms with Crippen molar-refractivity contribution in [1.82, 2.24) is 4.57 Å². The van der Waals surface area contributed by atoms with Gasteiger partial charge in [0.1, 0.15) is 0 Å². The molecule has 1 aliphatic heterocycles. The van der Waals surface area contributed by atoms with E-state index in [2.05, 4.69) is 227 Å². The zero-order chi connectivity index (χ0) is 38.2. The van der Waals surface area contributed by atoms with E-state index in [1.54, 1.807) is 0 Å². The summed E-state index contributed by atoms with van der Waals surface area (Å²) < 4.78 is 4.98. The third kappa shape index (κ3) is 5.27. The molecular formula is C54H35N3S. The van der Waals surface area contributed by atoms with Crippen molar-refractivity contribution in [2.24, 2.45) is 0 Å². The third-order valence-electron chi connectivity index (χ3n) is 11.6. The fourth-order valence-corrected chi connectivity index (χ4v) is 10.1. The van der Waals surface area contributed by atoms with E-state index in [4.69, 9.17) is 0 Å². The van der Waals surface area contributed by atoms with Gasteiger partial charge >= 0.3 is 0 Å². The second-order valence-corrected chi connectivity index (χ2v) is 16.1. The van der Waals surface area contributed by atoms with E-state index in [1.807, 2.05) is 11.3 Å². The predicted octanol–water partition coefficient (Wildman–Crippen LogP) is 15.7. The molecule has 3 nitrogen and oxygen atoms in total. The summed E-state index contributed by atoms with van der Waals surface area (Å²) in [6, 6.07) is 77.9. The molecule has 0 fully saturated rings. The van der Waals surface area contributed by atoms with Gasteiger partial charge in [-0.2, -0.15) is 0 Å². The molecule has 8 bridgehead atoms. The molecule has 2 aromatic heterocycles. The second kappa shape index (κ2) is 13.1. The molecule has 0 amide bonds. The number of rotatable bonds is 3. The first-order chi connectivity index (χ1) is 28.7. The van der Waals surface area contributed by atoms with E-state index < -0.39 is 0 Å². The number of fused-ring (bicyclic) bond motifs is 16.